The monoisotopic (exact) mass is 293 g/mol. The molecule has 96 valence electrons. The molecule has 0 unspecified atom stereocenters. The van der Waals surface area contributed by atoms with Gasteiger partial charge in [-0.1, -0.05) is 22.9 Å². The van der Waals surface area contributed by atoms with Crippen molar-refractivity contribution in [3.8, 4) is 11.4 Å². The Hall–Kier alpha value is -2.06. The topological polar surface area (TPSA) is 95.4 Å². The van der Waals surface area contributed by atoms with Crippen LogP contribution in [0.3, 0.4) is 0 Å². The van der Waals surface area contributed by atoms with Gasteiger partial charge in [0.15, 0.2) is 0 Å². The van der Waals surface area contributed by atoms with Crippen LogP contribution in [-0.4, -0.2) is 30.4 Å². The summed E-state index contributed by atoms with van der Waals surface area (Å²) in [5.74, 6) is 0.536. The molecule has 0 amide bonds. The van der Waals surface area contributed by atoms with Gasteiger partial charge in [0.25, 0.3) is 0 Å². The first kappa shape index (κ1) is 12.0. The van der Waals surface area contributed by atoms with Crippen LogP contribution in [0.1, 0.15) is 5.01 Å². The summed E-state index contributed by atoms with van der Waals surface area (Å²) < 4.78 is 0. The second-order valence-electron chi connectivity index (χ2n) is 3.68. The van der Waals surface area contributed by atoms with Crippen LogP contribution in [0.15, 0.2) is 24.3 Å². The minimum Gasteiger partial charge on any atom is -0.374 e. The zero-order chi connectivity index (χ0) is 13.2. The Labute approximate surface area is 117 Å². The Balaban J connectivity index is 1.81. The maximum absolute atomic E-state index is 5.83. The van der Waals surface area contributed by atoms with Crippen LogP contribution in [0, 0.1) is 0 Å². The van der Waals surface area contributed by atoms with Crippen molar-refractivity contribution in [1.82, 2.24) is 30.4 Å². The summed E-state index contributed by atoms with van der Waals surface area (Å²) in [7, 11) is 0. The van der Waals surface area contributed by atoms with Crippen molar-refractivity contribution in [2.45, 2.75) is 6.54 Å². The Bertz CT molecular complexity index is 690. The molecule has 0 spiro atoms. The quantitative estimate of drug-likeness (QED) is 0.786. The maximum Gasteiger partial charge on any atom is 0.204 e. The number of nitrogen functional groups attached to an aromatic ring is 1. The van der Waals surface area contributed by atoms with Crippen LogP contribution in [0.25, 0.3) is 11.4 Å². The lowest BCUT2D eigenvalue weighted by atomic mass is 10.2. The number of aromatic nitrogens is 6. The molecule has 0 aliphatic rings. The van der Waals surface area contributed by atoms with E-state index in [-0.39, 0.29) is 0 Å². The number of benzene rings is 1. The third-order valence-corrected chi connectivity index (χ3v) is 3.30. The van der Waals surface area contributed by atoms with E-state index in [0.717, 1.165) is 10.6 Å². The molecule has 0 fully saturated rings. The molecule has 0 bridgehead atoms. The van der Waals surface area contributed by atoms with Crippen molar-refractivity contribution in [1.29, 1.82) is 0 Å². The predicted molar refractivity (Wildman–Crippen MR) is 71.7 cm³/mol. The third kappa shape index (κ3) is 2.69. The zero-order valence-electron chi connectivity index (χ0n) is 9.56. The van der Waals surface area contributed by atoms with E-state index in [1.807, 2.05) is 12.1 Å². The van der Waals surface area contributed by atoms with Gasteiger partial charge in [-0.25, -0.2) is 0 Å². The fourth-order valence-corrected chi connectivity index (χ4v) is 2.19. The fraction of sp³-hybridized carbons (Fsp3) is 0.100. The molecule has 0 saturated heterocycles. The summed E-state index contributed by atoms with van der Waals surface area (Å²) in [6, 6.07) is 7.24. The third-order valence-electron chi connectivity index (χ3n) is 2.31. The van der Waals surface area contributed by atoms with Crippen LogP contribution in [0.2, 0.25) is 5.02 Å². The van der Waals surface area contributed by atoms with E-state index in [9.17, 15) is 0 Å². The standard InChI is InChI=1S/C10H8ClN7S/c11-7-3-1-6(2-4-7)9-14-17-18(16-9)5-8-13-15-10(12)19-8/h1-4H,5H2,(H2,12,15). The minimum atomic E-state index is 0.398. The first-order valence-electron chi connectivity index (χ1n) is 5.32. The first-order valence-corrected chi connectivity index (χ1v) is 6.52. The van der Waals surface area contributed by atoms with Crippen LogP contribution >= 0.6 is 22.9 Å². The Morgan fingerprint density at radius 1 is 1.16 bits per heavy atom. The lowest BCUT2D eigenvalue weighted by Gasteiger charge is -1.94. The van der Waals surface area contributed by atoms with Crippen molar-refractivity contribution in [2.24, 2.45) is 0 Å². The molecule has 2 N–H and O–H groups in total. The number of nitrogens with zero attached hydrogens (tertiary/aromatic N) is 6. The lowest BCUT2D eigenvalue weighted by Crippen LogP contribution is -2.03. The summed E-state index contributed by atoms with van der Waals surface area (Å²) in [6.07, 6.45) is 0. The number of anilines is 1. The summed E-state index contributed by atoms with van der Waals surface area (Å²) in [6.45, 7) is 0.398. The molecule has 3 rings (SSSR count). The van der Waals surface area contributed by atoms with E-state index in [1.54, 1.807) is 12.1 Å². The predicted octanol–water partition coefficient (Wildman–Crippen LogP) is 1.48. The van der Waals surface area contributed by atoms with Gasteiger partial charge in [0.1, 0.15) is 11.6 Å². The molecule has 9 heteroatoms. The van der Waals surface area contributed by atoms with E-state index in [2.05, 4.69) is 25.6 Å². The highest BCUT2D eigenvalue weighted by molar-refractivity contribution is 7.15. The van der Waals surface area contributed by atoms with Gasteiger partial charge in [0.05, 0.1) is 0 Å². The minimum absolute atomic E-state index is 0.398. The van der Waals surface area contributed by atoms with Gasteiger partial charge in [-0.2, -0.15) is 4.80 Å². The van der Waals surface area contributed by atoms with Crippen LogP contribution in [0.4, 0.5) is 5.13 Å². The molecular formula is C10H8ClN7S. The van der Waals surface area contributed by atoms with E-state index in [4.69, 9.17) is 17.3 Å². The summed E-state index contributed by atoms with van der Waals surface area (Å²) in [5, 5.41) is 21.7. The van der Waals surface area contributed by atoms with Crippen molar-refractivity contribution in [3.05, 3.63) is 34.3 Å². The molecule has 1 aromatic carbocycles. The van der Waals surface area contributed by atoms with E-state index in [0.29, 0.717) is 22.5 Å². The summed E-state index contributed by atoms with van der Waals surface area (Å²) in [4.78, 5) is 1.45. The van der Waals surface area contributed by atoms with Gasteiger partial charge in [0.2, 0.25) is 11.0 Å². The Morgan fingerprint density at radius 3 is 2.63 bits per heavy atom. The number of hydrogen-bond acceptors (Lipinski definition) is 7. The number of hydrogen-bond donors (Lipinski definition) is 1. The highest BCUT2D eigenvalue weighted by atomic mass is 35.5. The average Bonchev–Trinajstić information content (AvgIpc) is 3.00. The van der Waals surface area contributed by atoms with E-state index in [1.165, 1.54) is 16.1 Å². The second-order valence-corrected chi connectivity index (χ2v) is 5.21. The van der Waals surface area contributed by atoms with Gasteiger partial charge in [0, 0.05) is 10.6 Å². The first-order chi connectivity index (χ1) is 9.20. The lowest BCUT2D eigenvalue weighted by molar-refractivity contribution is 0.568. The molecule has 0 aliphatic carbocycles. The van der Waals surface area contributed by atoms with Gasteiger partial charge in [-0.15, -0.1) is 20.4 Å². The Kier molecular flexibility index (Phi) is 3.10. The van der Waals surface area contributed by atoms with Crippen molar-refractivity contribution >= 4 is 28.1 Å². The molecule has 19 heavy (non-hydrogen) atoms. The summed E-state index contributed by atoms with van der Waals surface area (Å²) >= 11 is 7.13. The highest BCUT2D eigenvalue weighted by Crippen LogP contribution is 2.17. The molecule has 2 aromatic heterocycles. The average molecular weight is 294 g/mol. The van der Waals surface area contributed by atoms with Gasteiger partial charge in [-0.05, 0) is 29.5 Å². The molecule has 0 saturated carbocycles. The molecule has 0 radical (unpaired) electrons. The smallest absolute Gasteiger partial charge is 0.204 e. The Morgan fingerprint density at radius 2 is 1.95 bits per heavy atom. The SMILES string of the molecule is Nc1nnc(Cn2nnc(-c3ccc(Cl)cc3)n2)s1. The van der Waals surface area contributed by atoms with Crippen LogP contribution in [0.5, 0.6) is 0 Å². The van der Waals surface area contributed by atoms with Gasteiger partial charge < -0.3 is 5.73 Å². The molecule has 0 atom stereocenters. The number of nitrogens with two attached hydrogens (primary N) is 1. The second kappa shape index (κ2) is 4.90. The molecule has 3 aromatic rings. The van der Waals surface area contributed by atoms with Crippen LogP contribution < -0.4 is 5.73 Å². The summed E-state index contributed by atoms with van der Waals surface area (Å²) in [5.41, 5.74) is 6.36. The van der Waals surface area contributed by atoms with E-state index < -0.39 is 0 Å². The van der Waals surface area contributed by atoms with Crippen molar-refractivity contribution in [2.75, 3.05) is 5.73 Å². The van der Waals surface area contributed by atoms with Gasteiger partial charge >= 0.3 is 0 Å². The van der Waals surface area contributed by atoms with Crippen LogP contribution in [-0.2, 0) is 6.54 Å². The molecule has 2 heterocycles. The fourth-order valence-electron chi connectivity index (χ4n) is 1.48. The number of rotatable bonds is 3. The number of tetrazole rings is 1. The molecular weight excluding hydrogens is 286 g/mol. The molecule has 0 aliphatic heterocycles. The number of halogens is 1. The van der Waals surface area contributed by atoms with Crippen molar-refractivity contribution < 1.29 is 0 Å². The van der Waals surface area contributed by atoms with Crippen molar-refractivity contribution in [3.63, 3.8) is 0 Å². The van der Waals surface area contributed by atoms with E-state index >= 15 is 0 Å². The maximum atomic E-state index is 5.83. The highest BCUT2D eigenvalue weighted by Gasteiger charge is 2.08. The zero-order valence-corrected chi connectivity index (χ0v) is 11.1. The normalized spacial score (nSPS) is 10.8. The largest absolute Gasteiger partial charge is 0.374 e. The molecule has 7 nitrogen and oxygen atoms in total. The van der Waals surface area contributed by atoms with Gasteiger partial charge in [-0.3, -0.25) is 0 Å².